The van der Waals surface area contributed by atoms with Crippen LogP contribution < -0.4 is 5.73 Å². The molecule has 0 saturated heterocycles. The molecule has 0 radical (unpaired) electrons. The first-order chi connectivity index (χ1) is 9.92. The molecule has 21 heavy (non-hydrogen) atoms. The summed E-state index contributed by atoms with van der Waals surface area (Å²) in [6.45, 7) is 7.60. The Hall–Kier alpha value is -2.23. The molecule has 1 amide bonds. The molecule has 0 aromatic heterocycles. The van der Waals surface area contributed by atoms with Gasteiger partial charge in [0.15, 0.2) is 5.78 Å². The average Bonchev–Trinajstić information content (AvgIpc) is 2.46. The highest BCUT2D eigenvalue weighted by Crippen LogP contribution is 2.23. The summed E-state index contributed by atoms with van der Waals surface area (Å²) in [6, 6.07) is 5.64. The summed E-state index contributed by atoms with van der Waals surface area (Å²) in [4.78, 5) is 34.6. The molecule has 0 saturated carbocycles. The van der Waals surface area contributed by atoms with E-state index in [1.165, 1.54) is 0 Å². The van der Waals surface area contributed by atoms with Gasteiger partial charge < -0.3 is 10.5 Å². The Kier molecular flexibility index (Phi) is 6.03. The van der Waals surface area contributed by atoms with Crippen LogP contribution in [-0.2, 0) is 16.0 Å². The van der Waals surface area contributed by atoms with Crippen molar-refractivity contribution < 1.29 is 14.4 Å². The van der Waals surface area contributed by atoms with Crippen LogP contribution in [0.3, 0.4) is 0 Å². The first kappa shape index (κ1) is 16.8. The Bertz CT molecular complexity index is 575. The average molecular weight is 287 g/mol. The molecule has 0 fully saturated rings. The molecule has 0 aliphatic rings. The number of rotatable bonds is 8. The van der Waals surface area contributed by atoms with Gasteiger partial charge in [-0.3, -0.25) is 9.59 Å². The van der Waals surface area contributed by atoms with Crippen molar-refractivity contribution in [3.63, 3.8) is 0 Å². The van der Waals surface area contributed by atoms with Crippen molar-refractivity contribution in [2.75, 3.05) is 0 Å². The third-order valence-electron chi connectivity index (χ3n) is 3.52. The highest BCUT2D eigenvalue weighted by atomic mass is 16.1. The number of hydrogen-bond donors (Lipinski definition) is 1. The predicted molar refractivity (Wildman–Crippen MR) is 82.0 cm³/mol. The molecule has 0 aliphatic heterocycles. The molecule has 1 unspecified atom stereocenters. The fraction of sp³-hybridized carbons (Fsp3) is 0.353. The van der Waals surface area contributed by atoms with Crippen LogP contribution in [0.15, 0.2) is 30.4 Å². The zero-order valence-electron chi connectivity index (χ0n) is 12.5. The number of primary amides is 1. The van der Waals surface area contributed by atoms with Crippen molar-refractivity contribution in [2.45, 2.75) is 33.1 Å². The second-order valence-electron chi connectivity index (χ2n) is 5.07. The number of aryl methyl sites for hydroxylation is 2. The van der Waals surface area contributed by atoms with E-state index < -0.39 is 11.8 Å². The molecule has 2 N–H and O–H groups in total. The number of nitrogens with two attached hydrogens (primary N) is 1. The van der Waals surface area contributed by atoms with E-state index in [1.54, 1.807) is 6.07 Å². The SMILES string of the molecule is C=C(C(=O)c1cc(C)ccc1CC)C(CCC=O)C(N)=O. The van der Waals surface area contributed by atoms with Crippen molar-refractivity contribution in [1.82, 2.24) is 0 Å². The van der Waals surface area contributed by atoms with E-state index in [0.717, 1.165) is 11.1 Å². The smallest absolute Gasteiger partial charge is 0.225 e. The maximum Gasteiger partial charge on any atom is 0.225 e. The van der Waals surface area contributed by atoms with E-state index in [9.17, 15) is 14.4 Å². The number of carbonyl (C=O) groups is 3. The summed E-state index contributed by atoms with van der Waals surface area (Å²) in [5, 5.41) is 0. The van der Waals surface area contributed by atoms with Crippen molar-refractivity contribution in [1.29, 1.82) is 0 Å². The van der Waals surface area contributed by atoms with Crippen molar-refractivity contribution in [3.8, 4) is 0 Å². The molecule has 4 heteroatoms. The van der Waals surface area contributed by atoms with E-state index in [4.69, 9.17) is 5.73 Å². The number of benzene rings is 1. The van der Waals surface area contributed by atoms with Gasteiger partial charge >= 0.3 is 0 Å². The molecular formula is C17H21NO3. The van der Waals surface area contributed by atoms with Crippen LogP contribution in [0.5, 0.6) is 0 Å². The third kappa shape index (κ3) is 4.12. The van der Waals surface area contributed by atoms with E-state index in [-0.39, 0.29) is 24.2 Å². The van der Waals surface area contributed by atoms with E-state index in [1.807, 2.05) is 26.0 Å². The van der Waals surface area contributed by atoms with Crippen molar-refractivity contribution in [3.05, 3.63) is 47.0 Å². The third-order valence-corrected chi connectivity index (χ3v) is 3.52. The first-order valence-electron chi connectivity index (χ1n) is 6.98. The van der Waals surface area contributed by atoms with E-state index in [2.05, 4.69) is 6.58 Å². The zero-order chi connectivity index (χ0) is 16.0. The predicted octanol–water partition coefficient (Wildman–Crippen LogP) is 2.38. The van der Waals surface area contributed by atoms with Crippen LogP contribution in [-0.4, -0.2) is 18.0 Å². The molecule has 1 aromatic carbocycles. The maximum atomic E-state index is 12.6. The molecule has 0 bridgehead atoms. The number of ketones is 1. The lowest BCUT2D eigenvalue weighted by Gasteiger charge is -2.16. The number of Topliss-reactive ketones (excluding diaryl/α,β-unsaturated/α-hetero) is 1. The molecule has 1 aromatic rings. The topological polar surface area (TPSA) is 77.2 Å². The standard InChI is InChI=1S/C17H21NO3/c1-4-13-8-7-11(2)10-15(13)16(20)12(3)14(17(18)21)6-5-9-19/h7-10,14H,3-6H2,1-2H3,(H2,18,21). The summed E-state index contributed by atoms with van der Waals surface area (Å²) >= 11 is 0. The molecule has 112 valence electrons. The summed E-state index contributed by atoms with van der Waals surface area (Å²) in [5.41, 5.74) is 7.91. The van der Waals surface area contributed by atoms with Gasteiger partial charge in [-0.25, -0.2) is 0 Å². The van der Waals surface area contributed by atoms with Crippen LogP contribution >= 0.6 is 0 Å². The monoisotopic (exact) mass is 287 g/mol. The number of aldehydes is 1. The summed E-state index contributed by atoms with van der Waals surface area (Å²) in [6.07, 6.45) is 1.81. The van der Waals surface area contributed by atoms with Gasteiger partial charge in [0.2, 0.25) is 5.91 Å². The number of hydrogen-bond acceptors (Lipinski definition) is 3. The first-order valence-corrected chi connectivity index (χ1v) is 6.98. The van der Waals surface area contributed by atoms with Crippen LogP contribution in [0.2, 0.25) is 0 Å². The minimum atomic E-state index is -0.798. The van der Waals surface area contributed by atoms with E-state index in [0.29, 0.717) is 18.3 Å². The second-order valence-corrected chi connectivity index (χ2v) is 5.07. The Balaban J connectivity index is 3.10. The zero-order valence-corrected chi connectivity index (χ0v) is 12.5. The molecule has 0 aliphatic carbocycles. The van der Waals surface area contributed by atoms with Gasteiger partial charge in [-0.2, -0.15) is 0 Å². The van der Waals surface area contributed by atoms with Crippen LogP contribution in [0.25, 0.3) is 0 Å². The summed E-state index contributed by atoms with van der Waals surface area (Å²) in [7, 11) is 0. The normalized spacial score (nSPS) is 11.7. The maximum absolute atomic E-state index is 12.6. The molecule has 1 atom stereocenters. The van der Waals surface area contributed by atoms with Gasteiger partial charge in [0.05, 0.1) is 5.92 Å². The van der Waals surface area contributed by atoms with Gasteiger partial charge in [-0.1, -0.05) is 31.2 Å². The largest absolute Gasteiger partial charge is 0.369 e. The van der Waals surface area contributed by atoms with Gasteiger partial charge in [0.1, 0.15) is 6.29 Å². The van der Waals surface area contributed by atoms with Crippen LogP contribution in [0.4, 0.5) is 0 Å². The lowest BCUT2D eigenvalue weighted by atomic mass is 9.87. The van der Waals surface area contributed by atoms with Crippen LogP contribution in [0, 0.1) is 12.8 Å². The quantitative estimate of drug-likeness (QED) is 0.453. The summed E-state index contributed by atoms with van der Waals surface area (Å²) < 4.78 is 0. The lowest BCUT2D eigenvalue weighted by Crippen LogP contribution is -2.28. The highest BCUT2D eigenvalue weighted by molar-refractivity contribution is 6.12. The summed E-state index contributed by atoms with van der Waals surface area (Å²) in [5.74, 6) is -1.70. The van der Waals surface area contributed by atoms with Crippen LogP contribution in [0.1, 0.15) is 41.3 Å². The van der Waals surface area contributed by atoms with E-state index >= 15 is 0 Å². The van der Waals surface area contributed by atoms with Gasteiger partial charge in [0, 0.05) is 17.6 Å². The molecular weight excluding hydrogens is 266 g/mol. The van der Waals surface area contributed by atoms with Gasteiger partial charge in [0.25, 0.3) is 0 Å². The fourth-order valence-corrected chi connectivity index (χ4v) is 2.26. The number of amides is 1. The van der Waals surface area contributed by atoms with Crippen molar-refractivity contribution in [2.24, 2.45) is 11.7 Å². The Morgan fingerprint density at radius 3 is 2.57 bits per heavy atom. The molecule has 0 heterocycles. The van der Waals surface area contributed by atoms with Gasteiger partial charge in [-0.05, 0) is 31.4 Å². The fourth-order valence-electron chi connectivity index (χ4n) is 2.26. The highest BCUT2D eigenvalue weighted by Gasteiger charge is 2.25. The Labute approximate surface area is 125 Å². The van der Waals surface area contributed by atoms with Gasteiger partial charge in [-0.15, -0.1) is 0 Å². The minimum Gasteiger partial charge on any atom is -0.369 e. The molecule has 0 spiro atoms. The molecule has 1 rings (SSSR count). The lowest BCUT2D eigenvalue weighted by molar-refractivity contribution is -0.120. The Morgan fingerprint density at radius 1 is 1.38 bits per heavy atom. The minimum absolute atomic E-state index is 0.157. The van der Waals surface area contributed by atoms with Crippen molar-refractivity contribution >= 4 is 18.0 Å². The Morgan fingerprint density at radius 2 is 2.05 bits per heavy atom. The second kappa shape index (κ2) is 7.53. The molecule has 4 nitrogen and oxygen atoms in total. The number of carbonyl (C=O) groups excluding carboxylic acids is 3.